The van der Waals surface area contributed by atoms with Gasteiger partial charge in [-0.1, -0.05) is 61.9 Å². The summed E-state index contributed by atoms with van der Waals surface area (Å²) >= 11 is 0. The molecule has 2 aromatic rings. The lowest BCUT2D eigenvalue weighted by molar-refractivity contribution is -0.147. The maximum atomic E-state index is 12.9. The van der Waals surface area contributed by atoms with Gasteiger partial charge in [0.05, 0.1) is 0 Å². The molecule has 0 bridgehead atoms. The maximum absolute atomic E-state index is 12.9. The third-order valence-corrected chi connectivity index (χ3v) is 7.01. The average Bonchev–Trinajstić information content (AvgIpc) is 3.16. The summed E-state index contributed by atoms with van der Waals surface area (Å²) in [4.78, 5) is 40.4. The maximum Gasteiger partial charge on any atom is 0.407 e. The molecule has 35 heavy (non-hydrogen) atoms. The van der Waals surface area contributed by atoms with Gasteiger partial charge in [-0.15, -0.1) is 0 Å². The number of carboxylic acid groups (broad SMARTS) is 1. The number of piperazine rings is 1. The SMILES string of the molecule is CCC[C@H](CC(=O)N1CCN(C)C(C(=O)O)C1)NC(=O)OCC1c2ccccc2-c2ccccc21. The second-order valence-corrected chi connectivity index (χ2v) is 9.33. The van der Waals surface area contributed by atoms with Crippen molar-refractivity contribution in [2.75, 3.05) is 33.3 Å². The van der Waals surface area contributed by atoms with Crippen molar-refractivity contribution in [3.63, 3.8) is 0 Å². The summed E-state index contributed by atoms with van der Waals surface area (Å²) < 4.78 is 5.65. The highest BCUT2D eigenvalue weighted by Crippen LogP contribution is 2.44. The molecule has 186 valence electrons. The molecule has 0 saturated carbocycles. The van der Waals surface area contributed by atoms with Crippen molar-refractivity contribution in [1.82, 2.24) is 15.1 Å². The molecule has 2 amide bonds. The topological polar surface area (TPSA) is 99.2 Å². The van der Waals surface area contributed by atoms with Gasteiger partial charge in [-0.05, 0) is 35.7 Å². The highest BCUT2D eigenvalue weighted by atomic mass is 16.5. The summed E-state index contributed by atoms with van der Waals surface area (Å²) in [5.74, 6) is -1.12. The number of carbonyl (C=O) groups excluding carboxylic acids is 2. The van der Waals surface area contributed by atoms with Crippen LogP contribution >= 0.6 is 0 Å². The van der Waals surface area contributed by atoms with Crippen LogP contribution in [0.15, 0.2) is 48.5 Å². The summed E-state index contributed by atoms with van der Waals surface area (Å²) in [6.07, 6.45) is 1.00. The Morgan fingerprint density at radius 3 is 2.29 bits per heavy atom. The van der Waals surface area contributed by atoms with Crippen LogP contribution in [0.5, 0.6) is 0 Å². The predicted octanol–water partition coefficient (Wildman–Crippen LogP) is 3.31. The van der Waals surface area contributed by atoms with E-state index in [1.807, 2.05) is 31.2 Å². The minimum absolute atomic E-state index is 0.0299. The van der Waals surface area contributed by atoms with Gasteiger partial charge in [0.1, 0.15) is 12.6 Å². The Morgan fingerprint density at radius 2 is 1.69 bits per heavy atom. The Bertz CT molecular complexity index is 1040. The molecule has 0 aromatic heterocycles. The quantitative estimate of drug-likeness (QED) is 0.603. The minimum atomic E-state index is -0.938. The van der Waals surface area contributed by atoms with Crippen molar-refractivity contribution in [1.29, 1.82) is 0 Å². The number of amides is 2. The van der Waals surface area contributed by atoms with E-state index in [9.17, 15) is 19.5 Å². The monoisotopic (exact) mass is 479 g/mol. The van der Waals surface area contributed by atoms with Crippen molar-refractivity contribution in [3.05, 3.63) is 59.7 Å². The first-order valence-corrected chi connectivity index (χ1v) is 12.2. The van der Waals surface area contributed by atoms with E-state index < -0.39 is 18.1 Å². The van der Waals surface area contributed by atoms with Gasteiger partial charge in [0.25, 0.3) is 0 Å². The average molecular weight is 480 g/mol. The van der Waals surface area contributed by atoms with Crippen LogP contribution in [0.4, 0.5) is 4.79 Å². The molecule has 1 heterocycles. The fourth-order valence-corrected chi connectivity index (χ4v) is 5.09. The van der Waals surface area contributed by atoms with Crippen molar-refractivity contribution in [2.24, 2.45) is 0 Å². The van der Waals surface area contributed by atoms with E-state index in [0.29, 0.717) is 19.5 Å². The normalized spacial score (nSPS) is 18.5. The van der Waals surface area contributed by atoms with E-state index in [2.05, 4.69) is 29.6 Å². The molecule has 1 aliphatic carbocycles. The van der Waals surface area contributed by atoms with Crippen molar-refractivity contribution in [3.8, 4) is 11.1 Å². The summed E-state index contributed by atoms with van der Waals surface area (Å²) in [6, 6.07) is 15.2. The molecule has 8 nitrogen and oxygen atoms in total. The number of likely N-dealkylation sites (N-methyl/N-ethyl adjacent to an activating group) is 1. The number of fused-ring (bicyclic) bond motifs is 3. The van der Waals surface area contributed by atoms with Crippen LogP contribution in [-0.2, 0) is 14.3 Å². The van der Waals surface area contributed by atoms with Gasteiger partial charge in [-0.2, -0.15) is 0 Å². The smallest absolute Gasteiger partial charge is 0.407 e. The van der Waals surface area contributed by atoms with Crippen molar-refractivity contribution < 1.29 is 24.2 Å². The molecule has 0 radical (unpaired) electrons. The van der Waals surface area contributed by atoms with Gasteiger partial charge < -0.3 is 20.1 Å². The predicted molar refractivity (Wildman–Crippen MR) is 132 cm³/mol. The second-order valence-electron chi connectivity index (χ2n) is 9.33. The minimum Gasteiger partial charge on any atom is -0.480 e. The Kier molecular flexibility index (Phi) is 7.70. The zero-order chi connectivity index (χ0) is 24.9. The van der Waals surface area contributed by atoms with Gasteiger partial charge in [-0.3, -0.25) is 14.5 Å². The van der Waals surface area contributed by atoms with E-state index in [-0.39, 0.29) is 37.4 Å². The number of alkyl carbamates (subject to hydrolysis) is 1. The lowest BCUT2D eigenvalue weighted by Gasteiger charge is -2.37. The number of ether oxygens (including phenoxy) is 1. The summed E-state index contributed by atoms with van der Waals surface area (Å²) in [5, 5.41) is 12.3. The molecule has 2 atom stereocenters. The lowest BCUT2D eigenvalue weighted by Crippen LogP contribution is -2.56. The summed E-state index contributed by atoms with van der Waals surface area (Å²) in [5.41, 5.74) is 4.62. The molecule has 1 unspecified atom stereocenters. The standard InChI is InChI=1S/C27H33N3O5/c1-3-8-18(15-25(31)30-14-13-29(2)24(16-30)26(32)33)28-27(34)35-17-23-21-11-6-4-9-19(21)20-10-5-7-12-22(20)23/h4-7,9-12,18,23-24H,3,8,13-17H2,1-2H3,(H,28,34)(H,32,33)/t18-,24?/m1/s1. The first-order chi connectivity index (χ1) is 16.9. The first-order valence-electron chi connectivity index (χ1n) is 12.2. The van der Waals surface area contributed by atoms with Gasteiger partial charge in [0.15, 0.2) is 0 Å². The number of hydrogen-bond donors (Lipinski definition) is 2. The number of aliphatic carboxylic acids is 1. The third kappa shape index (κ3) is 5.48. The molecular weight excluding hydrogens is 446 g/mol. The van der Waals surface area contributed by atoms with Crippen LogP contribution in [0.3, 0.4) is 0 Å². The number of hydrogen-bond acceptors (Lipinski definition) is 5. The van der Waals surface area contributed by atoms with Crippen LogP contribution in [0.2, 0.25) is 0 Å². The molecule has 2 aromatic carbocycles. The molecule has 8 heteroatoms. The number of nitrogens with one attached hydrogen (secondary N) is 1. The molecule has 1 saturated heterocycles. The molecule has 2 aliphatic rings. The molecule has 1 fully saturated rings. The number of nitrogens with zero attached hydrogens (tertiary/aromatic N) is 2. The zero-order valence-electron chi connectivity index (χ0n) is 20.3. The van der Waals surface area contributed by atoms with Gasteiger partial charge in [-0.25, -0.2) is 4.79 Å². The van der Waals surface area contributed by atoms with E-state index in [1.54, 1.807) is 16.8 Å². The molecule has 4 rings (SSSR count). The van der Waals surface area contributed by atoms with Crippen LogP contribution in [-0.4, -0.2) is 78.2 Å². The van der Waals surface area contributed by atoms with E-state index in [1.165, 1.54) is 11.1 Å². The number of rotatable bonds is 8. The van der Waals surface area contributed by atoms with E-state index >= 15 is 0 Å². The van der Waals surface area contributed by atoms with Gasteiger partial charge in [0, 0.05) is 38.0 Å². The fourth-order valence-electron chi connectivity index (χ4n) is 5.09. The van der Waals surface area contributed by atoms with Crippen LogP contribution in [0.25, 0.3) is 11.1 Å². The Labute approximate surface area is 205 Å². The highest BCUT2D eigenvalue weighted by molar-refractivity contribution is 5.81. The molecule has 1 aliphatic heterocycles. The van der Waals surface area contributed by atoms with Crippen LogP contribution < -0.4 is 5.32 Å². The Morgan fingerprint density at radius 1 is 1.06 bits per heavy atom. The number of benzene rings is 2. The molecule has 0 spiro atoms. The fraction of sp³-hybridized carbons (Fsp3) is 0.444. The van der Waals surface area contributed by atoms with E-state index in [0.717, 1.165) is 17.5 Å². The first kappa shape index (κ1) is 24.7. The van der Waals surface area contributed by atoms with Crippen LogP contribution in [0, 0.1) is 0 Å². The van der Waals surface area contributed by atoms with Crippen molar-refractivity contribution in [2.45, 2.75) is 44.2 Å². The van der Waals surface area contributed by atoms with Crippen LogP contribution in [0.1, 0.15) is 43.2 Å². The van der Waals surface area contributed by atoms with Gasteiger partial charge >= 0.3 is 12.1 Å². The Hall–Kier alpha value is -3.39. The largest absolute Gasteiger partial charge is 0.480 e. The summed E-state index contributed by atoms with van der Waals surface area (Å²) in [7, 11) is 1.75. The lowest BCUT2D eigenvalue weighted by atomic mass is 9.98. The molecular formula is C27H33N3O5. The van der Waals surface area contributed by atoms with Gasteiger partial charge in [0.2, 0.25) is 5.91 Å². The van der Waals surface area contributed by atoms with Crippen molar-refractivity contribution >= 4 is 18.0 Å². The third-order valence-electron chi connectivity index (χ3n) is 7.01. The molecule has 2 N–H and O–H groups in total. The zero-order valence-corrected chi connectivity index (χ0v) is 20.3. The highest BCUT2D eigenvalue weighted by Gasteiger charge is 2.33. The number of carbonyl (C=O) groups is 3. The number of carboxylic acids is 1. The Balaban J connectivity index is 1.35. The second kappa shape index (κ2) is 10.9. The summed E-state index contributed by atoms with van der Waals surface area (Å²) in [6.45, 7) is 3.33. The van der Waals surface area contributed by atoms with E-state index in [4.69, 9.17) is 4.74 Å².